The standard InChI is InChI=1S/C17H25NO3S2/c1-2-3-4-5-14-6-8-15(9-7-14)18-17(19)12-22-16-10-11-23(20,21)13-16/h6-9,16H,2-5,10-13H2,1H3,(H,18,19). The van der Waals surface area contributed by atoms with Crippen molar-refractivity contribution in [3.8, 4) is 0 Å². The molecule has 1 atom stereocenters. The Morgan fingerprint density at radius 1 is 1.26 bits per heavy atom. The molecule has 1 unspecified atom stereocenters. The molecule has 6 heteroatoms. The van der Waals surface area contributed by atoms with Crippen LogP contribution in [0.5, 0.6) is 0 Å². The molecular formula is C17H25NO3S2. The van der Waals surface area contributed by atoms with E-state index in [2.05, 4.69) is 24.4 Å². The van der Waals surface area contributed by atoms with E-state index in [1.54, 1.807) is 0 Å². The van der Waals surface area contributed by atoms with Crippen molar-refractivity contribution in [3.63, 3.8) is 0 Å². The normalized spacial score (nSPS) is 19.6. The number of unbranched alkanes of at least 4 members (excludes halogenated alkanes) is 2. The Hall–Kier alpha value is -1.01. The number of nitrogens with one attached hydrogen (secondary N) is 1. The van der Waals surface area contributed by atoms with Crippen LogP contribution in [-0.4, -0.2) is 36.8 Å². The third-order valence-corrected chi connectivity index (χ3v) is 7.23. The number of thioether (sulfide) groups is 1. The van der Waals surface area contributed by atoms with Crippen molar-refractivity contribution in [1.29, 1.82) is 0 Å². The van der Waals surface area contributed by atoms with Crippen LogP contribution in [0.2, 0.25) is 0 Å². The molecular weight excluding hydrogens is 330 g/mol. The van der Waals surface area contributed by atoms with Crippen LogP contribution in [0.15, 0.2) is 24.3 Å². The quantitative estimate of drug-likeness (QED) is 0.727. The second kappa shape index (κ2) is 8.73. The van der Waals surface area contributed by atoms with Crippen molar-refractivity contribution >= 4 is 33.2 Å². The number of hydrogen-bond acceptors (Lipinski definition) is 4. The summed E-state index contributed by atoms with van der Waals surface area (Å²) >= 11 is 1.44. The third kappa shape index (κ3) is 6.55. The van der Waals surface area contributed by atoms with Crippen molar-refractivity contribution in [1.82, 2.24) is 0 Å². The third-order valence-electron chi connectivity index (χ3n) is 3.95. The minimum Gasteiger partial charge on any atom is -0.325 e. The van der Waals surface area contributed by atoms with Gasteiger partial charge in [0.25, 0.3) is 0 Å². The Balaban J connectivity index is 1.72. The van der Waals surface area contributed by atoms with Crippen LogP contribution in [0.4, 0.5) is 5.69 Å². The molecule has 0 bridgehead atoms. The van der Waals surface area contributed by atoms with Crippen molar-refractivity contribution in [2.75, 3.05) is 22.6 Å². The number of amides is 1. The molecule has 0 aliphatic carbocycles. The lowest BCUT2D eigenvalue weighted by Crippen LogP contribution is -2.17. The van der Waals surface area contributed by atoms with E-state index in [1.807, 2.05) is 12.1 Å². The molecule has 1 aromatic rings. The van der Waals surface area contributed by atoms with Gasteiger partial charge in [0.1, 0.15) is 0 Å². The molecule has 23 heavy (non-hydrogen) atoms. The van der Waals surface area contributed by atoms with E-state index in [-0.39, 0.29) is 22.7 Å². The Kier molecular flexibility index (Phi) is 6.96. The van der Waals surface area contributed by atoms with Crippen LogP contribution in [0.25, 0.3) is 0 Å². The monoisotopic (exact) mass is 355 g/mol. The fourth-order valence-corrected chi connectivity index (χ4v) is 6.06. The van der Waals surface area contributed by atoms with Crippen molar-refractivity contribution in [2.45, 2.75) is 44.3 Å². The van der Waals surface area contributed by atoms with Gasteiger partial charge in [-0.05, 0) is 37.0 Å². The highest BCUT2D eigenvalue weighted by Gasteiger charge is 2.28. The minimum absolute atomic E-state index is 0.0618. The molecule has 128 valence electrons. The number of carbonyl (C=O) groups excluding carboxylic acids is 1. The highest BCUT2D eigenvalue weighted by molar-refractivity contribution is 8.02. The van der Waals surface area contributed by atoms with Gasteiger partial charge in [0.2, 0.25) is 5.91 Å². The summed E-state index contributed by atoms with van der Waals surface area (Å²) in [6.07, 6.45) is 5.39. The van der Waals surface area contributed by atoms with Crippen LogP contribution in [0.1, 0.15) is 38.2 Å². The van der Waals surface area contributed by atoms with E-state index in [0.717, 1.165) is 12.1 Å². The molecule has 1 N–H and O–H groups in total. The summed E-state index contributed by atoms with van der Waals surface area (Å²) in [7, 11) is -2.87. The summed E-state index contributed by atoms with van der Waals surface area (Å²) < 4.78 is 22.8. The number of aryl methyl sites for hydroxylation is 1. The van der Waals surface area contributed by atoms with Gasteiger partial charge in [-0.25, -0.2) is 8.42 Å². The topological polar surface area (TPSA) is 63.2 Å². The predicted molar refractivity (Wildman–Crippen MR) is 97.8 cm³/mol. The largest absolute Gasteiger partial charge is 0.325 e. The van der Waals surface area contributed by atoms with Gasteiger partial charge in [0.15, 0.2) is 9.84 Å². The zero-order valence-electron chi connectivity index (χ0n) is 13.6. The Morgan fingerprint density at radius 3 is 2.61 bits per heavy atom. The van der Waals surface area contributed by atoms with Gasteiger partial charge < -0.3 is 5.32 Å². The van der Waals surface area contributed by atoms with E-state index in [0.29, 0.717) is 12.2 Å². The van der Waals surface area contributed by atoms with E-state index >= 15 is 0 Å². The molecule has 0 spiro atoms. The first-order chi connectivity index (χ1) is 11.0. The summed E-state index contributed by atoms with van der Waals surface area (Å²) in [6, 6.07) is 7.98. The Morgan fingerprint density at radius 2 is 2.00 bits per heavy atom. The zero-order chi connectivity index (χ0) is 16.7. The van der Waals surface area contributed by atoms with Crippen LogP contribution in [-0.2, 0) is 21.1 Å². The lowest BCUT2D eigenvalue weighted by atomic mass is 10.1. The van der Waals surface area contributed by atoms with Gasteiger partial charge >= 0.3 is 0 Å². The van der Waals surface area contributed by atoms with Gasteiger partial charge in [0, 0.05) is 10.9 Å². The smallest absolute Gasteiger partial charge is 0.234 e. The summed E-state index contributed by atoms with van der Waals surface area (Å²) in [5, 5.41) is 2.93. The van der Waals surface area contributed by atoms with Crippen molar-refractivity contribution in [3.05, 3.63) is 29.8 Å². The van der Waals surface area contributed by atoms with Gasteiger partial charge in [-0.1, -0.05) is 31.9 Å². The number of hydrogen-bond donors (Lipinski definition) is 1. The summed E-state index contributed by atoms with van der Waals surface area (Å²) in [5.74, 6) is 0.694. The summed E-state index contributed by atoms with van der Waals surface area (Å²) in [4.78, 5) is 11.9. The summed E-state index contributed by atoms with van der Waals surface area (Å²) in [5.41, 5.74) is 2.09. The molecule has 1 aliphatic heterocycles. The first-order valence-corrected chi connectivity index (χ1v) is 11.1. The van der Waals surface area contributed by atoms with E-state index in [4.69, 9.17) is 0 Å². The minimum atomic E-state index is -2.87. The number of benzene rings is 1. The fraction of sp³-hybridized carbons (Fsp3) is 0.588. The second-order valence-electron chi connectivity index (χ2n) is 6.04. The highest BCUT2D eigenvalue weighted by atomic mass is 32.2. The predicted octanol–water partition coefficient (Wildman–Crippen LogP) is 3.28. The average Bonchev–Trinajstić information content (AvgIpc) is 2.87. The second-order valence-corrected chi connectivity index (χ2v) is 9.56. The van der Waals surface area contributed by atoms with Gasteiger partial charge in [-0.3, -0.25) is 4.79 Å². The Labute approximate surface area is 143 Å². The fourth-order valence-electron chi connectivity index (χ4n) is 2.62. The first-order valence-electron chi connectivity index (χ1n) is 8.19. The van der Waals surface area contributed by atoms with Crippen LogP contribution < -0.4 is 5.32 Å². The molecule has 1 aliphatic rings. The van der Waals surface area contributed by atoms with Crippen LogP contribution in [0, 0.1) is 0 Å². The van der Waals surface area contributed by atoms with Gasteiger partial charge in [-0.2, -0.15) is 0 Å². The molecule has 1 heterocycles. The maximum Gasteiger partial charge on any atom is 0.234 e. The highest BCUT2D eigenvalue weighted by Crippen LogP contribution is 2.24. The lowest BCUT2D eigenvalue weighted by Gasteiger charge is -2.09. The zero-order valence-corrected chi connectivity index (χ0v) is 15.2. The molecule has 1 amide bonds. The van der Waals surface area contributed by atoms with Crippen molar-refractivity contribution < 1.29 is 13.2 Å². The number of rotatable bonds is 8. The average molecular weight is 356 g/mol. The first kappa shape index (κ1) is 18.3. The summed E-state index contributed by atoms with van der Waals surface area (Å²) in [6.45, 7) is 2.19. The molecule has 1 saturated heterocycles. The molecule has 1 fully saturated rings. The van der Waals surface area contributed by atoms with Gasteiger partial charge in [0.05, 0.1) is 17.3 Å². The number of carbonyl (C=O) groups is 1. The molecule has 0 saturated carbocycles. The molecule has 1 aromatic carbocycles. The maximum atomic E-state index is 11.9. The molecule has 2 rings (SSSR count). The SMILES string of the molecule is CCCCCc1ccc(NC(=O)CSC2CCS(=O)(=O)C2)cc1. The van der Waals surface area contributed by atoms with Gasteiger partial charge in [-0.15, -0.1) is 11.8 Å². The van der Waals surface area contributed by atoms with Crippen LogP contribution in [0.3, 0.4) is 0 Å². The number of anilines is 1. The van der Waals surface area contributed by atoms with Crippen molar-refractivity contribution in [2.24, 2.45) is 0 Å². The lowest BCUT2D eigenvalue weighted by molar-refractivity contribution is -0.113. The maximum absolute atomic E-state index is 11.9. The molecule has 4 nitrogen and oxygen atoms in total. The van der Waals surface area contributed by atoms with E-state index in [1.165, 1.54) is 36.6 Å². The Bertz CT molecular complexity index is 611. The van der Waals surface area contributed by atoms with E-state index in [9.17, 15) is 13.2 Å². The molecule has 0 radical (unpaired) electrons. The van der Waals surface area contributed by atoms with E-state index < -0.39 is 9.84 Å². The molecule has 0 aromatic heterocycles. The number of sulfone groups is 1. The van der Waals surface area contributed by atoms with Crippen LogP contribution >= 0.6 is 11.8 Å².